The molecule has 128 valence electrons. The SMILES string of the molecule is COc1ccc(C(=O)N2CCC(c3nnc(C(C)C)o3)CC2)cc1. The van der Waals surface area contributed by atoms with E-state index in [1.54, 1.807) is 19.2 Å². The Kier molecular flexibility index (Phi) is 4.83. The van der Waals surface area contributed by atoms with Crippen LogP contribution in [0.1, 0.15) is 60.7 Å². The summed E-state index contributed by atoms with van der Waals surface area (Å²) in [5.74, 6) is 2.68. The van der Waals surface area contributed by atoms with Gasteiger partial charge in [-0.2, -0.15) is 0 Å². The highest BCUT2D eigenvalue weighted by atomic mass is 16.5. The lowest BCUT2D eigenvalue weighted by Gasteiger charge is -2.30. The zero-order valence-electron chi connectivity index (χ0n) is 14.4. The van der Waals surface area contributed by atoms with E-state index in [4.69, 9.17) is 9.15 Å². The molecule has 1 aliphatic rings. The fraction of sp³-hybridized carbons (Fsp3) is 0.500. The van der Waals surface area contributed by atoms with E-state index in [1.165, 1.54) is 0 Å². The molecule has 2 aromatic rings. The van der Waals surface area contributed by atoms with Gasteiger partial charge in [-0.05, 0) is 37.1 Å². The van der Waals surface area contributed by atoms with Crippen LogP contribution in [-0.4, -0.2) is 41.2 Å². The molecule has 1 aromatic heterocycles. The van der Waals surface area contributed by atoms with Gasteiger partial charge in [-0.3, -0.25) is 4.79 Å². The first kappa shape index (κ1) is 16.5. The maximum Gasteiger partial charge on any atom is 0.253 e. The molecule has 0 spiro atoms. The van der Waals surface area contributed by atoms with E-state index in [9.17, 15) is 4.79 Å². The topological polar surface area (TPSA) is 68.5 Å². The van der Waals surface area contributed by atoms with Gasteiger partial charge in [0.2, 0.25) is 11.8 Å². The molecule has 6 heteroatoms. The Bertz CT molecular complexity index is 686. The van der Waals surface area contributed by atoms with Crippen LogP contribution in [0.5, 0.6) is 5.75 Å². The predicted octanol–water partition coefficient (Wildman–Crippen LogP) is 3.22. The molecule has 0 unspecified atom stereocenters. The van der Waals surface area contributed by atoms with Crippen molar-refractivity contribution in [1.82, 2.24) is 15.1 Å². The van der Waals surface area contributed by atoms with Crippen molar-refractivity contribution < 1.29 is 13.9 Å². The Labute approximate surface area is 141 Å². The summed E-state index contributed by atoms with van der Waals surface area (Å²) in [6.07, 6.45) is 1.70. The molecule has 0 aliphatic carbocycles. The van der Waals surface area contributed by atoms with Gasteiger partial charge in [0.05, 0.1) is 7.11 Å². The molecule has 0 saturated carbocycles. The average molecular weight is 329 g/mol. The van der Waals surface area contributed by atoms with Crippen LogP contribution in [0.15, 0.2) is 28.7 Å². The van der Waals surface area contributed by atoms with Crippen LogP contribution in [-0.2, 0) is 0 Å². The lowest BCUT2D eigenvalue weighted by Crippen LogP contribution is -2.38. The number of hydrogen-bond acceptors (Lipinski definition) is 5. The summed E-state index contributed by atoms with van der Waals surface area (Å²) in [6, 6.07) is 7.23. The third-order valence-corrected chi connectivity index (χ3v) is 4.42. The Morgan fingerprint density at radius 3 is 2.42 bits per heavy atom. The van der Waals surface area contributed by atoms with E-state index in [0.717, 1.165) is 18.6 Å². The highest BCUT2D eigenvalue weighted by Gasteiger charge is 2.28. The van der Waals surface area contributed by atoms with Gasteiger partial charge >= 0.3 is 0 Å². The van der Waals surface area contributed by atoms with Gasteiger partial charge in [0.15, 0.2) is 0 Å². The van der Waals surface area contributed by atoms with Crippen LogP contribution in [0.4, 0.5) is 0 Å². The molecule has 1 fully saturated rings. The number of hydrogen-bond donors (Lipinski definition) is 0. The number of piperidine rings is 1. The summed E-state index contributed by atoms with van der Waals surface area (Å²) >= 11 is 0. The summed E-state index contributed by atoms with van der Waals surface area (Å²) in [5.41, 5.74) is 0.689. The van der Waals surface area contributed by atoms with Crippen LogP contribution in [0.25, 0.3) is 0 Å². The van der Waals surface area contributed by atoms with E-state index in [1.807, 2.05) is 30.9 Å². The molecule has 0 atom stereocenters. The second-order valence-corrected chi connectivity index (χ2v) is 6.43. The van der Waals surface area contributed by atoms with Crippen molar-refractivity contribution in [2.75, 3.05) is 20.2 Å². The van der Waals surface area contributed by atoms with Crippen molar-refractivity contribution in [3.8, 4) is 5.75 Å². The van der Waals surface area contributed by atoms with Crippen molar-refractivity contribution in [1.29, 1.82) is 0 Å². The second-order valence-electron chi connectivity index (χ2n) is 6.43. The van der Waals surface area contributed by atoms with E-state index in [-0.39, 0.29) is 17.7 Å². The maximum atomic E-state index is 12.6. The largest absolute Gasteiger partial charge is 0.497 e. The highest BCUT2D eigenvalue weighted by Crippen LogP contribution is 2.29. The van der Waals surface area contributed by atoms with E-state index in [0.29, 0.717) is 30.4 Å². The zero-order valence-corrected chi connectivity index (χ0v) is 14.4. The number of likely N-dealkylation sites (tertiary alicyclic amines) is 1. The Morgan fingerprint density at radius 2 is 1.88 bits per heavy atom. The van der Waals surface area contributed by atoms with Crippen LogP contribution < -0.4 is 4.74 Å². The first-order valence-corrected chi connectivity index (χ1v) is 8.35. The smallest absolute Gasteiger partial charge is 0.253 e. The van der Waals surface area contributed by atoms with Crippen LogP contribution in [0.3, 0.4) is 0 Å². The third kappa shape index (κ3) is 3.42. The highest BCUT2D eigenvalue weighted by molar-refractivity contribution is 5.94. The fourth-order valence-electron chi connectivity index (χ4n) is 2.89. The lowest BCUT2D eigenvalue weighted by atomic mass is 9.96. The normalized spacial score (nSPS) is 15.8. The molecular formula is C18H23N3O3. The Morgan fingerprint density at radius 1 is 1.21 bits per heavy atom. The van der Waals surface area contributed by atoms with Crippen molar-refractivity contribution in [3.05, 3.63) is 41.6 Å². The molecule has 6 nitrogen and oxygen atoms in total. The van der Waals surface area contributed by atoms with Gasteiger partial charge in [0, 0.05) is 30.5 Å². The van der Waals surface area contributed by atoms with E-state index in [2.05, 4.69) is 10.2 Å². The van der Waals surface area contributed by atoms with Gasteiger partial charge < -0.3 is 14.1 Å². The number of ether oxygens (including phenoxy) is 1. The van der Waals surface area contributed by atoms with E-state index < -0.39 is 0 Å². The van der Waals surface area contributed by atoms with Gasteiger partial charge in [-0.25, -0.2) is 0 Å². The summed E-state index contributed by atoms with van der Waals surface area (Å²) in [6.45, 7) is 5.48. The third-order valence-electron chi connectivity index (χ3n) is 4.42. The predicted molar refractivity (Wildman–Crippen MR) is 89.3 cm³/mol. The van der Waals surface area contributed by atoms with Crippen LogP contribution in [0, 0.1) is 0 Å². The fourth-order valence-corrected chi connectivity index (χ4v) is 2.89. The van der Waals surface area contributed by atoms with Crippen molar-refractivity contribution in [2.45, 2.75) is 38.5 Å². The molecule has 2 heterocycles. The minimum atomic E-state index is 0.0597. The first-order chi connectivity index (χ1) is 11.6. The number of carbonyl (C=O) groups is 1. The molecule has 3 rings (SSSR count). The molecule has 24 heavy (non-hydrogen) atoms. The minimum absolute atomic E-state index is 0.0597. The van der Waals surface area contributed by atoms with Gasteiger partial charge in [0.1, 0.15) is 5.75 Å². The summed E-state index contributed by atoms with van der Waals surface area (Å²) in [4.78, 5) is 14.5. The van der Waals surface area contributed by atoms with Crippen LogP contribution >= 0.6 is 0 Å². The number of nitrogens with zero attached hydrogens (tertiary/aromatic N) is 3. The molecule has 1 aromatic carbocycles. The number of carbonyl (C=O) groups excluding carboxylic acids is 1. The number of rotatable bonds is 4. The molecule has 1 amide bonds. The van der Waals surface area contributed by atoms with Crippen molar-refractivity contribution >= 4 is 5.91 Å². The maximum absolute atomic E-state index is 12.6. The number of amides is 1. The molecule has 1 saturated heterocycles. The second kappa shape index (κ2) is 7.03. The Hall–Kier alpha value is -2.37. The average Bonchev–Trinajstić information content (AvgIpc) is 3.12. The molecular weight excluding hydrogens is 306 g/mol. The summed E-state index contributed by atoms with van der Waals surface area (Å²) in [5, 5.41) is 8.27. The number of benzene rings is 1. The molecule has 0 radical (unpaired) electrons. The van der Waals surface area contributed by atoms with Gasteiger partial charge in [-0.1, -0.05) is 13.8 Å². The quantitative estimate of drug-likeness (QED) is 0.861. The molecule has 0 bridgehead atoms. The minimum Gasteiger partial charge on any atom is -0.497 e. The van der Waals surface area contributed by atoms with Crippen molar-refractivity contribution in [3.63, 3.8) is 0 Å². The first-order valence-electron chi connectivity index (χ1n) is 8.35. The Balaban J connectivity index is 1.60. The van der Waals surface area contributed by atoms with Crippen LogP contribution in [0.2, 0.25) is 0 Å². The molecule has 1 aliphatic heterocycles. The number of methoxy groups -OCH3 is 1. The summed E-state index contributed by atoms with van der Waals surface area (Å²) < 4.78 is 10.9. The molecule has 0 N–H and O–H groups in total. The van der Waals surface area contributed by atoms with Gasteiger partial charge in [0.25, 0.3) is 5.91 Å². The zero-order chi connectivity index (χ0) is 17.1. The number of aromatic nitrogens is 2. The van der Waals surface area contributed by atoms with Gasteiger partial charge in [-0.15, -0.1) is 10.2 Å². The van der Waals surface area contributed by atoms with Crippen molar-refractivity contribution in [2.24, 2.45) is 0 Å². The summed E-state index contributed by atoms with van der Waals surface area (Å²) in [7, 11) is 1.61. The standard InChI is InChI=1S/C18H23N3O3/c1-12(2)16-19-20-17(24-16)13-8-10-21(11-9-13)18(22)14-4-6-15(23-3)7-5-14/h4-7,12-13H,8-11H2,1-3H3. The lowest BCUT2D eigenvalue weighted by molar-refractivity contribution is 0.0706. The van der Waals surface area contributed by atoms with E-state index >= 15 is 0 Å². The monoisotopic (exact) mass is 329 g/mol.